The van der Waals surface area contributed by atoms with Crippen LogP contribution in [0.2, 0.25) is 0 Å². The van der Waals surface area contributed by atoms with E-state index in [9.17, 15) is 22.8 Å². The molecule has 1 heterocycles. The molecule has 1 fully saturated rings. The number of alkyl halides is 3. The molecule has 0 spiro atoms. The summed E-state index contributed by atoms with van der Waals surface area (Å²) in [4.78, 5) is 27.8. The lowest BCUT2D eigenvalue weighted by molar-refractivity contribution is -0.138. The van der Waals surface area contributed by atoms with Crippen LogP contribution in [0, 0.1) is 5.92 Å². The normalized spacial score (nSPS) is 14.1. The fourth-order valence-corrected chi connectivity index (χ4v) is 2.91. The van der Waals surface area contributed by atoms with Gasteiger partial charge in [-0.3, -0.25) is 4.79 Å². The fraction of sp³-hybridized carbons (Fsp3) is 0.409. The van der Waals surface area contributed by atoms with E-state index in [-0.39, 0.29) is 23.9 Å². The van der Waals surface area contributed by atoms with E-state index in [0.29, 0.717) is 16.9 Å². The van der Waals surface area contributed by atoms with Gasteiger partial charge in [0.25, 0.3) is 0 Å². The molecule has 3 rings (SSSR count). The lowest BCUT2D eigenvalue weighted by atomic mass is 9.99. The molecule has 1 aromatic carbocycles. The van der Waals surface area contributed by atoms with Crippen molar-refractivity contribution in [1.82, 2.24) is 10.3 Å². The number of pyridine rings is 1. The van der Waals surface area contributed by atoms with Gasteiger partial charge >= 0.3 is 12.3 Å². The van der Waals surface area contributed by atoms with E-state index in [1.165, 1.54) is 24.4 Å². The molecule has 0 saturated heterocycles. The van der Waals surface area contributed by atoms with Crippen LogP contribution in [0.15, 0.2) is 36.5 Å². The van der Waals surface area contributed by atoms with Crippen LogP contribution in [0.1, 0.15) is 44.7 Å². The highest BCUT2D eigenvalue weighted by molar-refractivity contribution is 5.93. The number of carbonyl (C=O) groups is 2. The van der Waals surface area contributed by atoms with Gasteiger partial charge in [-0.1, -0.05) is 12.1 Å². The molecule has 6 nitrogen and oxygen atoms in total. The summed E-state index contributed by atoms with van der Waals surface area (Å²) in [6, 6.07) is 6.98. The number of aromatic nitrogens is 1. The summed E-state index contributed by atoms with van der Waals surface area (Å²) in [6.45, 7) is 4.67. The molecule has 1 aromatic heterocycles. The Kier molecular flexibility index (Phi) is 6.24. The van der Waals surface area contributed by atoms with Crippen molar-refractivity contribution in [3.63, 3.8) is 0 Å². The number of carbonyl (C=O) groups excluding carboxylic acids is 2. The van der Waals surface area contributed by atoms with Crippen molar-refractivity contribution in [3.05, 3.63) is 47.7 Å². The molecular formula is C22H24F3N3O3. The average Bonchev–Trinajstić information content (AvgIpc) is 3.50. The Hall–Kier alpha value is -3.10. The van der Waals surface area contributed by atoms with E-state index in [1.807, 2.05) is 0 Å². The smallest absolute Gasteiger partial charge is 0.416 e. The summed E-state index contributed by atoms with van der Waals surface area (Å²) in [6.07, 6.45) is -2.31. The van der Waals surface area contributed by atoms with Crippen molar-refractivity contribution >= 4 is 17.8 Å². The van der Waals surface area contributed by atoms with Crippen LogP contribution < -0.4 is 10.6 Å². The number of benzene rings is 1. The number of amides is 2. The summed E-state index contributed by atoms with van der Waals surface area (Å²) in [5, 5.41) is 5.04. The van der Waals surface area contributed by atoms with Gasteiger partial charge in [0.2, 0.25) is 5.91 Å². The first-order valence-corrected chi connectivity index (χ1v) is 9.86. The van der Waals surface area contributed by atoms with Crippen molar-refractivity contribution in [2.24, 2.45) is 5.92 Å². The molecule has 1 aliphatic carbocycles. The summed E-state index contributed by atoms with van der Waals surface area (Å²) in [5.74, 6) is 0.141. The van der Waals surface area contributed by atoms with Crippen molar-refractivity contribution in [1.29, 1.82) is 0 Å². The predicted molar refractivity (Wildman–Crippen MR) is 109 cm³/mol. The number of nitrogens with zero attached hydrogens (tertiary/aromatic N) is 1. The van der Waals surface area contributed by atoms with Gasteiger partial charge < -0.3 is 15.4 Å². The van der Waals surface area contributed by atoms with Crippen LogP contribution in [-0.2, 0) is 22.3 Å². The summed E-state index contributed by atoms with van der Waals surface area (Å²) in [7, 11) is 0. The highest BCUT2D eigenvalue weighted by atomic mass is 19.4. The number of anilines is 1. The number of nitrogens with one attached hydrogen (secondary N) is 2. The van der Waals surface area contributed by atoms with Crippen LogP contribution in [-0.4, -0.2) is 22.6 Å². The summed E-state index contributed by atoms with van der Waals surface area (Å²) < 4.78 is 46.1. The van der Waals surface area contributed by atoms with Crippen molar-refractivity contribution in [2.75, 3.05) is 5.32 Å². The Labute approximate surface area is 178 Å². The molecule has 1 aliphatic rings. The Morgan fingerprint density at radius 3 is 2.39 bits per heavy atom. The van der Waals surface area contributed by atoms with Gasteiger partial charge in [0.1, 0.15) is 11.4 Å². The maximum atomic E-state index is 13.7. The molecule has 2 amide bonds. The van der Waals surface area contributed by atoms with E-state index in [1.54, 1.807) is 26.8 Å². The van der Waals surface area contributed by atoms with Crippen molar-refractivity contribution in [3.8, 4) is 11.1 Å². The lowest BCUT2D eigenvalue weighted by Gasteiger charge is -2.20. The molecular weight excluding hydrogens is 411 g/mol. The molecule has 0 bridgehead atoms. The van der Waals surface area contributed by atoms with Crippen LogP contribution in [0.4, 0.5) is 23.8 Å². The fourth-order valence-electron chi connectivity index (χ4n) is 2.91. The minimum absolute atomic E-state index is 0.0148. The first kappa shape index (κ1) is 22.6. The third kappa shape index (κ3) is 6.44. The second-order valence-electron chi connectivity index (χ2n) is 8.42. The molecule has 31 heavy (non-hydrogen) atoms. The molecule has 1 saturated carbocycles. The molecule has 2 N–H and O–H groups in total. The number of hydrogen-bond acceptors (Lipinski definition) is 4. The SMILES string of the molecule is CC(C)(C)OC(=O)NCc1ccc(-c2ccnc(NC(=O)C3CC3)c2)cc1C(F)(F)F. The van der Waals surface area contributed by atoms with Crippen molar-refractivity contribution in [2.45, 2.75) is 51.9 Å². The van der Waals surface area contributed by atoms with Gasteiger partial charge in [-0.05, 0) is 68.5 Å². The molecule has 0 aliphatic heterocycles. The first-order valence-electron chi connectivity index (χ1n) is 9.86. The second kappa shape index (κ2) is 8.56. The average molecular weight is 435 g/mol. The highest BCUT2D eigenvalue weighted by Gasteiger charge is 2.34. The molecule has 0 atom stereocenters. The maximum Gasteiger partial charge on any atom is 0.416 e. The Bertz CT molecular complexity index is 980. The van der Waals surface area contributed by atoms with Crippen LogP contribution in [0.25, 0.3) is 11.1 Å². The lowest BCUT2D eigenvalue weighted by Crippen LogP contribution is -2.32. The van der Waals surface area contributed by atoms with E-state index >= 15 is 0 Å². The number of halogens is 3. The largest absolute Gasteiger partial charge is 0.444 e. The monoisotopic (exact) mass is 435 g/mol. The minimum Gasteiger partial charge on any atom is -0.444 e. The molecule has 166 valence electrons. The van der Waals surface area contributed by atoms with E-state index in [4.69, 9.17) is 4.74 Å². The van der Waals surface area contributed by atoms with E-state index in [0.717, 1.165) is 18.9 Å². The predicted octanol–water partition coefficient (Wildman–Crippen LogP) is 5.14. The van der Waals surface area contributed by atoms with E-state index in [2.05, 4.69) is 15.6 Å². The third-order valence-corrected chi connectivity index (χ3v) is 4.53. The maximum absolute atomic E-state index is 13.7. The summed E-state index contributed by atoms with van der Waals surface area (Å²) in [5.41, 5.74) is -0.898. The zero-order chi connectivity index (χ0) is 22.8. The van der Waals surface area contributed by atoms with Gasteiger partial charge in [0.15, 0.2) is 0 Å². The van der Waals surface area contributed by atoms with Gasteiger partial charge in [-0.2, -0.15) is 13.2 Å². The van der Waals surface area contributed by atoms with Gasteiger partial charge in [0, 0.05) is 18.7 Å². The first-order chi connectivity index (χ1) is 14.4. The Balaban J connectivity index is 1.81. The van der Waals surface area contributed by atoms with Gasteiger partial charge in [-0.25, -0.2) is 9.78 Å². The van der Waals surface area contributed by atoms with Gasteiger partial charge in [-0.15, -0.1) is 0 Å². The number of alkyl carbamates (subject to hydrolysis) is 1. The minimum atomic E-state index is -4.61. The van der Waals surface area contributed by atoms with Crippen LogP contribution in [0.3, 0.4) is 0 Å². The van der Waals surface area contributed by atoms with Crippen LogP contribution >= 0.6 is 0 Å². The molecule has 0 radical (unpaired) electrons. The second-order valence-corrected chi connectivity index (χ2v) is 8.42. The standard InChI is InChI=1S/C22H24F3N3O3/c1-21(2,3)31-20(30)27-12-16-7-6-14(10-17(16)22(23,24)25)15-8-9-26-18(11-15)28-19(29)13-4-5-13/h6-11,13H,4-5,12H2,1-3H3,(H,27,30)(H,26,28,29). The van der Waals surface area contributed by atoms with Crippen molar-refractivity contribution < 1.29 is 27.5 Å². The molecule has 2 aromatic rings. The zero-order valence-electron chi connectivity index (χ0n) is 17.5. The molecule has 9 heteroatoms. The number of hydrogen-bond donors (Lipinski definition) is 2. The third-order valence-electron chi connectivity index (χ3n) is 4.53. The Morgan fingerprint density at radius 1 is 1.10 bits per heavy atom. The quantitative estimate of drug-likeness (QED) is 0.682. The van der Waals surface area contributed by atoms with E-state index < -0.39 is 23.4 Å². The number of rotatable bonds is 5. The molecule has 0 unspecified atom stereocenters. The highest BCUT2D eigenvalue weighted by Crippen LogP contribution is 2.35. The van der Waals surface area contributed by atoms with Crippen LogP contribution in [0.5, 0.6) is 0 Å². The number of ether oxygens (including phenoxy) is 1. The topological polar surface area (TPSA) is 80.3 Å². The summed E-state index contributed by atoms with van der Waals surface area (Å²) >= 11 is 0. The Morgan fingerprint density at radius 2 is 1.77 bits per heavy atom. The zero-order valence-corrected chi connectivity index (χ0v) is 17.5. The van der Waals surface area contributed by atoms with Gasteiger partial charge in [0.05, 0.1) is 5.56 Å².